The number of piperidine rings is 2. The minimum Gasteiger partial charge on any atom is -0.339 e. The number of likely N-dealkylation sites (tertiary alicyclic amines) is 2. The van der Waals surface area contributed by atoms with Crippen LogP contribution in [0, 0.1) is 0 Å². The molecule has 0 radical (unpaired) electrons. The Balaban J connectivity index is 1.27. The van der Waals surface area contributed by atoms with Crippen LogP contribution in [-0.2, 0) is 13.0 Å². The number of unbranched alkanes of at least 4 members (excludes halogenated alkanes) is 2. The number of carbonyl (C=O) groups is 2. The summed E-state index contributed by atoms with van der Waals surface area (Å²) in [5.41, 5.74) is 4.15. The Morgan fingerprint density at radius 2 is 1.48 bits per heavy atom. The molecule has 2 fully saturated rings. The number of nitrogens with zero attached hydrogens (tertiary/aromatic N) is 3. The fourth-order valence-corrected chi connectivity index (χ4v) is 7.32. The van der Waals surface area contributed by atoms with Crippen LogP contribution in [-0.4, -0.2) is 65.3 Å². The first-order chi connectivity index (χ1) is 20.6. The van der Waals surface area contributed by atoms with E-state index in [4.69, 9.17) is 0 Å². The van der Waals surface area contributed by atoms with E-state index in [1.807, 2.05) is 23.1 Å². The van der Waals surface area contributed by atoms with Gasteiger partial charge in [-0.1, -0.05) is 63.1 Å². The first-order valence-electron chi connectivity index (χ1n) is 16.2. The van der Waals surface area contributed by atoms with Crippen LogP contribution in [0.5, 0.6) is 0 Å². The molecule has 42 heavy (non-hydrogen) atoms. The Kier molecular flexibility index (Phi) is 10.9. The van der Waals surface area contributed by atoms with Crippen molar-refractivity contribution in [2.45, 2.75) is 84.2 Å². The van der Waals surface area contributed by atoms with Gasteiger partial charge in [0.15, 0.2) is 0 Å². The molecule has 0 unspecified atom stereocenters. The quantitative estimate of drug-likeness (QED) is 0.215. The van der Waals surface area contributed by atoms with E-state index in [-0.39, 0.29) is 17.9 Å². The number of hydrogen-bond donors (Lipinski definition) is 0. The van der Waals surface area contributed by atoms with Gasteiger partial charge < -0.3 is 14.7 Å². The second-order valence-corrected chi connectivity index (χ2v) is 13.1. The first-order valence-corrected chi connectivity index (χ1v) is 17.0. The number of benzene rings is 2. The second-order valence-electron chi connectivity index (χ2n) is 11.9. The summed E-state index contributed by atoms with van der Waals surface area (Å²) in [6.45, 7) is 9.98. The Labute approximate surface area is 256 Å². The summed E-state index contributed by atoms with van der Waals surface area (Å²) >= 11 is 1.68. The average Bonchev–Trinajstić information content (AvgIpc) is 3.53. The molecule has 6 heteroatoms. The average molecular weight is 586 g/mol. The SMILES string of the molecule is CCCCCc1ccc(C(=O)N(Cc2ccc(-c3ccc(C(=O)N4CCCCC4)cc3)cc2)C2CCN(CC)CC2)s1. The number of rotatable bonds is 11. The summed E-state index contributed by atoms with van der Waals surface area (Å²) in [5, 5.41) is 0. The van der Waals surface area contributed by atoms with Gasteiger partial charge in [0, 0.05) is 49.2 Å². The van der Waals surface area contributed by atoms with Gasteiger partial charge >= 0.3 is 0 Å². The lowest BCUT2D eigenvalue weighted by atomic mass is 10.00. The van der Waals surface area contributed by atoms with Gasteiger partial charge in [-0.3, -0.25) is 9.59 Å². The zero-order valence-electron chi connectivity index (χ0n) is 25.5. The van der Waals surface area contributed by atoms with Crippen molar-refractivity contribution < 1.29 is 9.59 Å². The predicted molar refractivity (Wildman–Crippen MR) is 174 cm³/mol. The summed E-state index contributed by atoms with van der Waals surface area (Å²) in [4.78, 5) is 35.6. The van der Waals surface area contributed by atoms with Gasteiger partial charge in [-0.15, -0.1) is 11.3 Å². The lowest BCUT2D eigenvalue weighted by Gasteiger charge is -2.38. The molecule has 3 heterocycles. The minimum atomic E-state index is 0.143. The lowest BCUT2D eigenvalue weighted by Crippen LogP contribution is -2.46. The number of carbonyl (C=O) groups excluding carboxylic acids is 2. The molecule has 2 saturated heterocycles. The molecule has 2 amide bonds. The van der Waals surface area contributed by atoms with Crippen LogP contribution >= 0.6 is 11.3 Å². The molecule has 0 aliphatic carbocycles. The van der Waals surface area contributed by atoms with Crippen molar-refractivity contribution in [1.82, 2.24) is 14.7 Å². The normalized spacial score (nSPS) is 16.5. The smallest absolute Gasteiger partial charge is 0.264 e. The van der Waals surface area contributed by atoms with Crippen LogP contribution in [0.3, 0.4) is 0 Å². The van der Waals surface area contributed by atoms with Gasteiger partial charge in [0.25, 0.3) is 11.8 Å². The maximum absolute atomic E-state index is 13.9. The second kappa shape index (κ2) is 15.0. The van der Waals surface area contributed by atoms with E-state index < -0.39 is 0 Å². The van der Waals surface area contributed by atoms with E-state index in [2.05, 4.69) is 66.1 Å². The highest BCUT2D eigenvalue weighted by Crippen LogP contribution is 2.27. The van der Waals surface area contributed by atoms with E-state index in [9.17, 15) is 9.59 Å². The number of hydrogen-bond acceptors (Lipinski definition) is 4. The van der Waals surface area contributed by atoms with E-state index in [0.29, 0.717) is 6.54 Å². The topological polar surface area (TPSA) is 43.9 Å². The molecule has 2 aliphatic rings. The predicted octanol–water partition coefficient (Wildman–Crippen LogP) is 7.90. The zero-order chi connectivity index (χ0) is 29.3. The highest BCUT2D eigenvalue weighted by atomic mass is 32.1. The lowest BCUT2D eigenvalue weighted by molar-refractivity contribution is 0.0559. The molecule has 3 aromatic rings. The molecular weight excluding hydrogens is 538 g/mol. The number of aryl methyl sites for hydroxylation is 1. The molecule has 0 saturated carbocycles. The van der Waals surface area contributed by atoms with Crippen LogP contribution in [0.4, 0.5) is 0 Å². The third-order valence-corrected chi connectivity index (χ3v) is 10.2. The van der Waals surface area contributed by atoms with Crippen molar-refractivity contribution in [2.75, 3.05) is 32.7 Å². The maximum atomic E-state index is 13.9. The van der Waals surface area contributed by atoms with Gasteiger partial charge in [0.2, 0.25) is 0 Å². The summed E-state index contributed by atoms with van der Waals surface area (Å²) in [6, 6.07) is 21.1. The van der Waals surface area contributed by atoms with E-state index in [0.717, 1.165) is 92.0 Å². The highest BCUT2D eigenvalue weighted by Gasteiger charge is 2.29. The van der Waals surface area contributed by atoms with Crippen molar-refractivity contribution >= 4 is 23.2 Å². The van der Waals surface area contributed by atoms with E-state index in [1.165, 1.54) is 30.6 Å². The molecule has 5 rings (SSSR count). The zero-order valence-corrected chi connectivity index (χ0v) is 26.3. The number of amides is 2. The van der Waals surface area contributed by atoms with Crippen LogP contribution in [0.1, 0.15) is 95.7 Å². The summed E-state index contributed by atoms with van der Waals surface area (Å²) < 4.78 is 0. The van der Waals surface area contributed by atoms with Crippen molar-refractivity contribution in [2.24, 2.45) is 0 Å². The highest BCUT2D eigenvalue weighted by molar-refractivity contribution is 7.14. The molecule has 0 N–H and O–H groups in total. The third kappa shape index (κ3) is 7.70. The molecule has 1 aromatic heterocycles. The molecular formula is C36H47N3O2S. The van der Waals surface area contributed by atoms with Crippen LogP contribution < -0.4 is 0 Å². The van der Waals surface area contributed by atoms with Crippen LogP contribution in [0.2, 0.25) is 0 Å². The Bertz CT molecular complexity index is 1290. The van der Waals surface area contributed by atoms with Gasteiger partial charge in [0.05, 0.1) is 4.88 Å². The summed E-state index contributed by atoms with van der Waals surface area (Å²) in [6.07, 6.45) is 10.2. The molecule has 0 atom stereocenters. The Morgan fingerprint density at radius 1 is 0.810 bits per heavy atom. The van der Waals surface area contributed by atoms with Crippen molar-refractivity contribution in [3.05, 3.63) is 81.5 Å². The Morgan fingerprint density at radius 3 is 2.12 bits per heavy atom. The van der Waals surface area contributed by atoms with Crippen molar-refractivity contribution in [3.63, 3.8) is 0 Å². The minimum absolute atomic E-state index is 0.143. The summed E-state index contributed by atoms with van der Waals surface area (Å²) in [7, 11) is 0. The van der Waals surface area contributed by atoms with Gasteiger partial charge in [-0.05, 0) is 92.4 Å². The molecule has 0 bridgehead atoms. The molecule has 2 aromatic carbocycles. The fourth-order valence-electron chi connectivity index (χ4n) is 6.32. The van der Waals surface area contributed by atoms with E-state index in [1.54, 1.807) is 11.3 Å². The van der Waals surface area contributed by atoms with Gasteiger partial charge in [-0.25, -0.2) is 0 Å². The van der Waals surface area contributed by atoms with Crippen LogP contribution in [0.25, 0.3) is 11.1 Å². The standard InChI is InChI=1S/C36H47N3O2S/c1-3-5-7-10-33-19-20-34(42-33)36(41)39(32-21-25-37(4-2)26-22-32)27-28-11-13-29(14-12-28)30-15-17-31(18-16-30)35(40)38-23-8-6-9-24-38/h11-20,32H,3-10,21-27H2,1-2H3. The fraction of sp³-hybridized carbons (Fsp3) is 0.500. The Hall–Kier alpha value is -2.96. The maximum Gasteiger partial charge on any atom is 0.264 e. The largest absolute Gasteiger partial charge is 0.339 e. The van der Waals surface area contributed by atoms with Gasteiger partial charge in [0.1, 0.15) is 0 Å². The monoisotopic (exact) mass is 585 g/mol. The van der Waals surface area contributed by atoms with Gasteiger partial charge in [-0.2, -0.15) is 0 Å². The number of thiophene rings is 1. The van der Waals surface area contributed by atoms with E-state index >= 15 is 0 Å². The molecule has 5 nitrogen and oxygen atoms in total. The molecule has 224 valence electrons. The van der Waals surface area contributed by atoms with Crippen LogP contribution in [0.15, 0.2) is 60.7 Å². The van der Waals surface area contributed by atoms with Crippen molar-refractivity contribution in [1.29, 1.82) is 0 Å². The first kappa shape index (κ1) is 30.5. The molecule has 0 spiro atoms. The molecule has 2 aliphatic heterocycles. The third-order valence-electron chi connectivity index (χ3n) is 9.02. The summed E-state index contributed by atoms with van der Waals surface area (Å²) in [5.74, 6) is 0.319. The van der Waals surface area contributed by atoms with Crippen molar-refractivity contribution in [3.8, 4) is 11.1 Å².